The van der Waals surface area contributed by atoms with Crippen LogP contribution >= 0.6 is 23.2 Å². The minimum Gasteiger partial charge on any atom is -0.462 e. The number of hydrogen-bond donors (Lipinski definition) is 2. The van der Waals surface area contributed by atoms with Gasteiger partial charge in [0.1, 0.15) is 6.42 Å². The van der Waals surface area contributed by atoms with Crippen LogP contribution in [0.2, 0.25) is 10.0 Å². The van der Waals surface area contributed by atoms with E-state index in [4.69, 9.17) is 27.9 Å². The molecular weight excluding hydrogens is 379 g/mol. The third kappa shape index (κ3) is 5.47. The highest BCUT2D eigenvalue weighted by Gasteiger charge is 2.16. The first kappa shape index (κ1) is 19.8. The fraction of sp³-hybridized carbons (Fsp3) is 0.167. The lowest BCUT2D eigenvalue weighted by Gasteiger charge is -2.10. The van der Waals surface area contributed by atoms with Crippen molar-refractivity contribution in [2.75, 3.05) is 17.2 Å². The summed E-state index contributed by atoms with van der Waals surface area (Å²) in [4.78, 5) is 36.0. The molecule has 6 nitrogen and oxygen atoms in total. The summed E-state index contributed by atoms with van der Waals surface area (Å²) in [5.74, 6) is -1.66. The Balaban J connectivity index is 1.99. The van der Waals surface area contributed by atoms with Gasteiger partial charge < -0.3 is 15.4 Å². The van der Waals surface area contributed by atoms with Gasteiger partial charge >= 0.3 is 5.97 Å². The molecule has 2 amide bonds. The van der Waals surface area contributed by atoms with Crippen LogP contribution in [0.1, 0.15) is 23.7 Å². The molecule has 2 rings (SSSR count). The number of ether oxygens (including phenoxy) is 1. The van der Waals surface area contributed by atoms with Gasteiger partial charge in [0.15, 0.2) is 0 Å². The van der Waals surface area contributed by atoms with Crippen LogP contribution in [0.4, 0.5) is 11.4 Å². The van der Waals surface area contributed by atoms with Crippen molar-refractivity contribution in [3.63, 3.8) is 0 Å². The van der Waals surface area contributed by atoms with E-state index in [1.165, 1.54) is 18.2 Å². The SMILES string of the molecule is CCOC(=O)c1ccccc1NC(=O)CC(=O)Nc1ccc(Cl)c(Cl)c1. The van der Waals surface area contributed by atoms with E-state index in [1.54, 1.807) is 31.2 Å². The fourth-order valence-corrected chi connectivity index (χ4v) is 2.40. The molecule has 26 heavy (non-hydrogen) atoms. The number of hydrogen-bond acceptors (Lipinski definition) is 4. The van der Waals surface area contributed by atoms with E-state index in [9.17, 15) is 14.4 Å². The first-order valence-corrected chi connectivity index (χ1v) is 8.47. The molecule has 0 bridgehead atoms. The Bertz CT molecular complexity index is 840. The van der Waals surface area contributed by atoms with Crippen LogP contribution in [0.3, 0.4) is 0 Å². The van der Waals surface area contributed by atoms with Crippen molar-refractivity contribution in [2.45, 2.75) is 13.3 Å². The molecule has 0 spiro atoms. The highest BCUT2D eigenvalue weighted by molar-refractivity contribution is 6.42. The van der Waals surface area contributed by atoms with Crippen LogP contribution < -0.4 is 10.6 Å². The predicted octanol–water partition coefficient (Wildman–Crippen LogP) is 4.14. The van der Waals surface area contributed by atoms with Gasteiger partial charge in [-0.3, -0.25) is 9.59 Å². The average molecular weight is 395 g/mol. The summed E-state index contributed by atoms with van der Waals surface area (Å²) >= 11 is 11.7. The zero-order chi connectivity index (χ0) is 19.1. The second-order valence-electron chi connectivity index (χ2n) is 5.17. The fourth-order valence-electron chi connectivity index (χ4n) is 2.10. The summed E-state index contributed by atoms with van der Waals surface area (Å²) in [6.45, 7) is 1.90. The van der Waals surface area contributed by atoms with Gasteiger partial charge in [-0.2, -0.15) is 0 Å². The molecule has 0 fully saturated rings. The molecule has 2 aromatic carbocycles. The largest absolute Gasteiger partial charge is 0.462 e. The van der Waals surface area contributed by atoms with E-state index in [0.717, 1.165) is 0 Å². The molecule has 0 aromatic heterocycles. The molecule has 8 heteroatoms. The summed E-state index contributed by atoms with van der Waals surface area (Å²) in [6, 6.07) is 11.0. The monoisotopic (exact) mass is 394 g/mol. The number of nitrogens with one attached hydrogen (secondary N) is 2. The minimum atomic E-state index is -0.570. The Morgan fingerprint density at radius 1 is 0.962 bits per heavy atom. The third-order valence-corrected chi connectivity index (χ3v) is 3.96. The Morgan fingerprint density at radius 2 is 1.65 bits per heavy atom. The molecule has 0 unspecified atom stereocenters. The van der Waals surface area contributed by atoms with Crippen LogP contribution in [0.25, 0.3) is 0 Å². The maximum atomic E-state index is 12.1. The van der Waals surface area contributed by atoms with E-state index in [-0.39, 0.29) is 22.9 Å². The number of benzene rings is 2. The lowest BCUT2D eigenvalue weighted by atomic mass is 10.1. The molecule has 0 aliphatic heterocycles. The lowest BCUT2D eigenvalue weighted by Crippen LogP contribution is -2.22. The molecule has 2 aromatic rings. The van der Waals surface area contributed by atoms with Crippen LogP contribution in [-0.2, 0) is 14.3 Å². The quantitative estimate of drug-likeness (QED) is 0.569. The number of carbonyl (C=O) groups excluding carboxylic acids is 3. The smallest absolute Gasteiger partial charge is 0.340 e. The molecule has 0 aliphatic carbocycles. The van der Waals surface area contributed by atoms with Gasteiger partial charge in [0.05, 0.1) is 27.9 Å². The highest BCUT2D eigenvalue weighted by Crippen LogP contribution is 2.25. The van der Waals surface area contributed by atoms with E-state index < -0.39 is 24.2 Å². The highest BCUT2D eigenvalue weighted by atomic mass is 35.5. The normalized spacial score (nSPS) is 10.1. The maximum Gasteiger partial charge on any atom is 0.340 e. The zero-order valence-corrected chi connectivity index (χ0v) is 15.4. The van der Waals surface area contributed by atoms with Crippen LogP contribution in [0.5, 0.6) is 0 Å². The number of halogens is 2. The van der Waals surface area contributed by atoms with E-state index in [1.807, 2.05) is 0 Å². The van der Waals surface area contributed by atoms with Crippen molar-refractivity contribution < 1.29 is 19.1 Å². The number of amides is 2. The topological polar surface area (TPSA) is 84.5 Å². The van der Waals surface area contributed by atoms with Crippen molar-refractivity contribution in [2.24, 2.45) is 0 Å². The van der Waals surface area contributed by atoms with Gasteiger partial charge in [0.2, 0.25) is 11.8 Å². The summed E-state index contributed by atoms with van der Waals surface area (Å²) in [6.07, 6.45) is -0.433. The van der Waals surface area contributed by atoms with Crippen molar-refractivity contribution in [3.05, 3.63) is 58.1 Å². The molecule has 2 N–H and O–H groups in total. The number of esters is 1. The number of rotatable bonds is 6. The third-order valence-electron chi connectivity index (χ3n) is 3.22. The molecule has 0 heterocycles. The van der Waals surface area contributed by atoms with Gasteiger partial charge in [-0.15, -0.1) is 0 Å². The van der Waals surface area contributed by atoms with Crippen molar-refractivity contribution in [1.29, 1.82) is 0 Å². The first-order valence-electron chi connectivity index (χ1n) is 7.71. The second kappa shape index (κ2) is 9.22. The van der Waals surface area contributed by atoms with Gasteiger partial charge in [0.25, 0.3) is 0 Å². The van der Waals surface area contributed by atoms with E-state index in [2.05, 4.69) is 10.6 Å². The van der Waals surface area contributed by atoms with Gasteiger partial charge in [-0.1, -0.05) is 35.3 Å². The molecule has 136 valence electrons. The average Bonchev–Trinajstić information content (AvgIpc) is 2.58. The molecule has 0 aliphatic rings. The minimum absolute atomic E-state index is 0.215. The lowest BCUT2D eigenvalue weighted by molar-refractivity contribution is -0.123. The Kier molecular flexibility index (Phi) is 7.00. The zero-order valence-electron chi connectivity index (χ0n) is 13.8. The molecular formula is C18H16Cl2N2O4. The van der Waals surface area contributed by atoms with Crippen molar-refractivity contribution in [1.82, 2.24) is 0 Å². The summed E-state index contributed by atoms with van der Waals surface area (Å²) in [5.41, 5.74) is 0.912. The molecule has 0 saturated heterocycles. The Hall–Kier alpha value is -2.57. The predicted molar refractivity (Wildman–Crippen MR) is 101 cm³/mol. The second-order valence-corrected chi connectivity index (χ2v) is 5.98. The number of para-hydroxylation sites is 1. The van der Waals surface area contributed by atoms with E-state index >= 15 is 0 Å². The van der Waals surface area contributed by atoms with Gasteiger partial charge in [-0.25, -0.2) is 4.79 Å². The molecule has 0 atom stereocenters. The van der Waals surface area contributed by atoms with Crippen molar-refractivity contribution in [3.8, 4) is 0 Å². The van der Waals surface area contributed by atoms with Crippen LogP contribution in [0, 0.1) is 0 Å². The van der Waals surface area contributed by atoms with Crippen molar-refractivity contribution >= 4 is 52.4 Å². The summed E-state index contributed by atoms with van der Waals surface area (Å²) in [7, 11) is 0. The Labute approximate surface area is 160 Å². The van der Waals surface area contributed by atoms with Crippen LogP contribution in [-0.4, -0.2) is 24.4 Å². The maximum absolute atomic E-state index is 12.1. The Morgan fingerprint density at radius 3 is 2.35 bits per heavy atom. The van der Waals surface area contributed by atoms with Gasteiger partial charge in [-0.05, 0) is 37.3 Å². The number of carbonyl (C=O) groups is 3. The number of anilines is 2. The van der Waals surface area contributed by atoms with Crippen LogP contribution in [0.15, 0.2) is 42.5 Å². The standard InChI is InChI=1S/C18H16Cl2N2O4/c1-2-26-18(25)12-5-3-4-6-15(12)22-17(24)10-16(23)21-11-7-8-13(19)14(20)9-11/h3-9H,2,10H2,1H3,(H,21,23)(H,22,24). The molecule has 0 saturated carbocycles. The van der Waals surface area contributed by atoms with Gasteiger partial charge in [0, 0.05) is 5.69 Å². The summed E-state index contributed by atoms with van der Waals surface area (Å²) < 4.78 is 4.94. The first-order chi connectivity index (χ1) is 12.4. The molecule has 0 radical (unpaired) electrons. The summed E-state index contributed by atoms with van der Waals surface area (Å²) in [5, 5.41) is 5.74. The van der Waals surface area contributed by atoms with E-state index in [0.29, 0.717) is 10.7 Å².